The molecule has 1 atom stereocenters. The molecular weight excluding hydrogens is 392 g/mol. The van der Waals surface area contributed by atoms with Crippen LogP contribution in [0.15, 0.2) is 30.3 Å². The van der Waals surface area contributed by atoms with Gasteiger partial charge in [-0.15, -0.1) is 0 Å². The molecule has 9 heteroatoms. The summed E-state index contributed by atoms with van der Waals surface area (Å²) in [4.78, 5) is 49.0. The summed E-state index contributed by atoms with van der Waals surface area (Å²) >= 11 is 0. The Bertz CT molecular complexity index is 1060. The average molecular weight is 412 g/mol. The van der Waals surface area contributed by atoms with Crippen molar-refractivity contribution < 1.29 is 34.1 Å². The average Bonchev–Trinajstić information content (AvgIpc) is 2.71. The SMILES string of the molecule is NCCCC[C@H](N)C(=O)Oc1cc(O)c2c(c1)C(=O)c1cc(C(=O)O)ccc1C2=O. The molecule has 2 aromatic carbocycles. The standard InChI is InChI=1S/C21H20N2O7/c22-6-2-1-3-15(23)21(29)30-11-8-14-17(16(24)9-11)19(26)12-5-4-10(20(27)28)7-13(12)18(14)25/h4-5,7-9,15,24H,1-3,6,22-23H2,(H,27,28)/t15-/m0/s1. The quantitative estimate of drug-likeness (QED) is 0.253. The summed E-state index contributed by atoms with van der Waals surface area (Å²) < 4.78 is 5.17. The Morgan fingerprint density at radius 2 is 1.73 bits per heavy atom. The molecule has 1 aliphatic carbocycles. The van der Waals surface area contributed by atoms with Crippen LogP contribution in [0.25, 0.3) is 0 Å². The minimum Gasteiger partial charge on any atom is -0.507 e. The van der Waals surface area contributed by atoms with Crippen molar-refractivity contribution in [1.29, 1.82) is 0 Å². The molecule has 0 saturated carbocycles. The fraction of sp³-hybridized carbons (Fsp3) is 0.238. The normalized spacial score (nSPS) is 13.4. The molecular formula is C21H20N2O7. The van der Waals surface area contributed by atoms with Crippen molar-refractivity contribution in [3.05, 3.63) is 58.1 Å². The van der Waals surface area contributed by atoms with Crippen LogP contribution in [0, 0.1) is 0 Å². The number of aromatic hydroxyl groups is 1. The maximum atomic E-state index is 12.9. The van der Waals surface area contributed by atoms with E-state index in [0.717, 1.165) is 18.2 Å². The van der Waals surface area contributed by atoms with Crippen LogP contribution in [0.4, 0.5) is 0 Å². The monoisotopic (exact) mass is 412 g/mol. The number of nitrogens with two attached hydrogens (primary N) is 2. The predicted molar refractivity (Wildman–Crippen MR) is 105 cm³/mol. The number of ether oxygens (including phenoxy) is 1. The van der Waals surface area contributed by atoms with Gasteiger partial charge in [-0.3, -0.25) is 9.59 Å². The van der Waals surface area contributed by atoms with Gasteiger partial charge in [0.2, 0.25) is 0 Å². The second kappa shape index (κ2) is 8.44. The number of unbranched alkanes of at least 4 members (excludes halogenated alkanes) is 1. The zero-order chi connectivity index (χ0) is 22.0. The van der Waals surface area contributed by atoms with Crippen molar-refractivity contribution in [1.82, 2.24) is 0 Å². The van der Waals surface area contributed by atoms with Gasteiger partial charge in [-0.25, -0.2) is 9.59 Å². The third-order valence-electron chi connectivity index (χ3n) is 4.81. The highest BCUT2D eigenvalue weighted by molar-refractivity contribution is 6.29. The van der Waals surface area contributed by atoms with Gasteiger partial charge in [0.25, 0.3) is 0 Å². The zero-order valence-corrected chi connectivity index (χ0v) is 15.9. The summed E-state index contributed by atoms with van der Waals surface area (Å²) in [5, 5.41) is 19.5. The van der Waals surface area contributed by atoms with Crippen LogP contribution in [0.5, 0.6) is 11.5 Å². The maximum absolute atomic E-state index is 12.9. The van der Waals surface area contributed by atoms with Gasteiger partial charge in [0.05, 0.1) is 11.1 Å². The van der Waals surface area contributed by atoms with E-state index in [1.807, 2.05) is 0 Å². The molecule has 0 radical (unpaired) electrons. The highest BCUT2D eigenvalue weighted by atomic mass is 16.5. The van der Waals surface area contributed by atoms with Gasteiger partial charge in [-0.05, 0) is 43.7 Å². The Labute approximate surface area is 171 Å². The number of carboxylic acids is 1. The summed E-state index contributed by atoms with van der Waals surface area (Å²) in [6, 6.07) is 4.85. The number of hydrogen-bond acceptors (Lipinski definition) is 8. The Balaban J connectivity index is 1.92. The van der Waals surface area contributed by atoms with Gasteiger partial charge in [-0.1, -0.05) is 6.42 Å². The first-order valence-corrected chi connectivity index (χ1v) is 9.25. The summed E-state index contributed by atoms with van der Waals surface area (Å²) in [5.74, 6) is -3.98. The van der Waals surface area contributed by atoms with E-state index in [9.17, 15) is 24.3 Å². The van der Waals surface area contributed by atoms with Crippen LogP contribution in [0.1, 0.15) is 61.5 Å². The number of carbonyl (C=O) groups excluding carboxylic acids is 3. The van der Waals surface area contributed by atoms with Crippen LogP contribution in [0.3, 0.4) is 0 Å². The van der Waals surface area contributed by atoms with Crippen LogP contribution in [-0.2, 0) is 4.79 Å². The van der Waals surface area contributed by atoms with Crippen molar-refractivity contribution in [2.45, 2.75) is 25.3 Å². The molecule has 0 aromatic heterocycles. The number of fused-ring (bicyclic) bond motifs is 2. The third-order valence-corrected chi connectivity index (χ3v) is 4.81. The summed E-state index contributed by atoms with van der Waals surface area (Å²) in [6.45, 7) is 0.474. The fourth-order valence-corrected chi connectivity index (χ4v) is 3.24. The van der Waals surface area contributed by atoms with Crippen LogP contribution >= 0.6 is 0 Å². The lowest BCUT2D eigenvalue weighted by Gasteiger charge is -2.20. The second-order valence-corrected chi connectivity index (χ2v) is 6.90. The number of aromatic carboxylic acids is 1. The maximum Gasteiger partial charge on any atom is 0.335 e. The summed E-state index contributed by atoms with van der Waals surface area (Å²) in [6.07, 6.45) is 1.70. The van der Waals surface area contributed by atoms with Crippen molar-refractivity contribution in [3.8, 4) is 11.5 Å². The zero-order valence-electron chi connectivity index (χ0n) is 15.9. The number of ketones is 2. The van der Waals surface area contributed by atoms with Gasteiger partial charge >= 0.3 is 11.9 Å². The minimum absolute atomic E-state index is 0.0144. The van der Waals surface area contributed by atoms with E-state index >= 15 is 0 Å². The number of benzene rings is 2. The number of phenolic OH excluding ortho intramolecular Hbond substituents is 1. The number of rotatable bonds is 7. The Morgan fingerprint density at radius 3 is 2.40 bits per heavy atom. The molecule has 0 amide bonds. The van der Waals surface area contributed by atoms with Crippen molar-refractivity contribution in [3.63, 3.8) is 0 Å². The van der Waals surface area contributed by atoms with E-state index in [2.05, 4.69) is 0 Å². The number of hydrogen-bond donors (Lipinski definition) is 4. The van der Waals surface area contributed by atoms with E-state index in [1.54, 1.807) is 0 Å². The van der Waals surface area contributed by atoms with E-state index in [-0.39, 0.29) is 33.6 Å². The van der Waals surface area contributed by atoms with Crippen LogP contribution < -0.4 is 16.2 Å². The van der Waals surface area contributed by atoms with Gasteiger partial charge in [0.15, 0.2) is 11.6 Å². The highest BCUT2D eigenvalue weighted by Gasteiger charge is 2.33. The number of esters is 1. The first-order valence-electron chi connectivity index (χ1n) is 9.25. The number of carbonyl (C=O) groups is 4. The van der Waals surface area contributed by atoms with Crippen LogP contribution in [-0.4, -0.2) is 46.3 Å². The van der Waals surface area contributed by atoms with E-state index in [1.165, 1.54) is 12.1 Å². The molecule has 0 aliphatic heterocycles. The topological polar surface area (TPSA) is 170 Å². The second-order valence-electron chi connectivity index (χ2n) is 6.90. The molecule has 0 bridgehead atoms. The van der Waals surface area contributed by atoms with Gasteiger partial charge in [-0.2, -0.15) is 0 Å². The molecule has 0 unspecified atom stereocenters. The lowest BCUT2D eigenvalue weighted by Crippen LogP contribution is -2.34. The van der Waals surface area contributed by atoms with Crippen molar-refractivity contribution in [2.75, 3.05) is 6.54 Å². The van der Waals surface area contributed by atoms with Gasteiger partial charge < -0.3 is 26.4 Å². The lowest BCUT2D eigenvalue weighted by atomic mass is 9.82. The molecule has 0 spiro atoms. The molecule has 30 heavy (non-hydrogen) atoms. The van der Waals surface area contributed by atoms with E-state index < -0.39 is 35.3 Å². The molecule has 156 valence electrons. The predicted octanol–water partition coefficient (Wildman–Crippen LogP) is 1.23. The molecule has 2 aromatic rings. The minimum atomic E-state index is -1.25. The van der Waals surface area contributed by atoms with Crippen molar-refractivity contribution >= 4 is 23.5 Å². The Hall–Kier alpha value is -3.56. The number of carboxylic acid groups (broad SMARTS) is 1. The molecule has 1 aliphatic rings. The van der Waals surface area contributed by atoms with Gasteiger partial charge in [0, 0.05) is 22.8 Å². The first-order chi connectivity index (χ1) is 14.2. The molecule has 0 heterocycles. The molecule has 9 nitrogen and oxygen atoms in total. The number of phenols is 1. The third kappa shape index (κ3) is 3.93. The molecule has 6 N–H and O–H groups in total. The smallest absolute Gasteiger partial charge is 0.335 e. The summed E-state index contributed by atoms with van der Waals surface area (Å²) in [7, 11) is 0. The van der Waals surface area contributed by atoms with E-state index in [0.29, 0.717) is 25.8 Å². The fourth-order valence-electron chi connectivity index (χ4n) is 3.24. The highest BCUT2D eigenvalue weighted by Crippen LogP contribution is 2.36. The largest absolute Gasteiger partial charge is 0.507 e. The van der Waals surface area contributed by atoms with Crippen molar-refractivity contribution in [2.24, 2.45) is 11.5 Å². The first kappa shape index (κ1) is 21.2. The summed E-state index contributed by atoms with van der Waals surface area (Å²) in [5.41, 5.74) is 10.5. The molecule has 0 fully saturated rings. The van der Waals surface area contributed by atoms with Gasteiger partial charge in [0.1, 0.15) is 17.5 Å². The molecule has 0 saturated heterocycles. The lowest BCUT2D eigenvalue weighted by molar-refractivity contribution is -0.136. The van der Waals surface area contributed by atoms with Crippen LogP contribution in [0.2, 0.25) is 0 Å². The Morgan fingerprint density at radius 1 is 1.00 bits per heavy atom. The van der Waals surface area contributed by atoms with E-state index in [4.69, 9.17) is 21.3 Å². The molecule has 3 rings (SSSR count). The Kier molecular flexibility index (Phi) is 5.95.